The Morgan fingerprint density at radius 2 is 2.27 bits per heavy atom. The Bertz CT molecular complexity index is 562. The van der Waals surface area contributed by atoms with Crippen molar-refractivity contribution in [2.45, 2.75) is 37.5 Å². The van der Waals surface area contributed by atoms with Crippen molar-refractivity contribution in [3.63, 3.8) is 0 Å². The van der Waals surface area contributed by atoms with Crippen molar-refractivity contribution in [1.82, 2.24) is 19.9 Å². The average Bonchev–Trinajstić information content (AvgIpc) is 2.91. The van der Waals surface area contributed by atoms with Crippen LogP contribution in [0.5, 0.6) is 0 Å². The Hall–Kier alpha value is -1.64. The van der Waals surface area contributed by atoms with Crippen LogP contribution in [-0.4, -0.2) is 57.8 Å². The van der Waals surface area contributed by atoms with Crippen LogP contribution < -0.4 is 0 Å². The summed E-state index contributed by atoms with van der Waals surface area (Å²) in [6.45, 7) is 1.87. The molecular weight excluding hydrogens is 301 g/mol. The van der Waals surface area contributed by atoms with Crippen LogP contribution in [0.3, 0.4) is 0 Å². The van der Waals surface area contributed by atoms with Gasteiger partial charge >= 0.3 is 6.18 Å². The molecule has 122 valence electrons. The summed E-state index contributed by atoms with van der Waals surface area (Å²) in [5.74, 6) is -0.448. The van der Waals surface area contributed by atoms with E-state index in [1.54, 1.807) is 0 Å². The molecule has 3 rings (SSSR count). The molecule has 1 aromatic heterocycles. The molecule has 1 amide bonds. The molecule has 22 heavy (non-hydrogen) atoms. The van der Waals surface area contributed by atoms with Crippen molar-refractivity contribution in [2.24, 2.45) is 5.92 Å². The lowest BCUT2D eigenvalue weighted by atomic mass is 10.1. The molecule has 1 aromatic rings. The van der Waals surface area contributed by atoms with Crippen molar-refractivity contribution in [3.05, 3.63) is 11.9 Å². The van der Waals surface area contributed by atoms with Crippen LogP contribution in [0.2, 0.25) is 0 Å². The van der Waals surface area contributed by atoms with E-state index < -0.39 is 17.6 Å². The summed E-state index contributed by atoms with van der Waals surface area (Å²) >= 11 is 0. The molecule has 0 radical (unpaired) electrons. The number of nitrogens with zero attached hydrogens (tertiary/aromatic N) is 4. The predicted octanol–water partition coefficient (Wildman–Crippen LogP) is 1.48. The van der Waals surface area contributed by atoms with Crippen LogP contribution in [0, 0.1) is 5.92 Å². The highest BCUT2D eigenvalue weighted by molar-refractivity contribution is 5.92. The van der Waals surface area contributed by atoms with Gasteiger partial charge < -0.3 is 9.64 Å². The maximum Gasteiger partial charge on any atom is 0.411 e. The maximum absolute atomic E-state index is 13.0. The second-order valence-corrected chi connectivity index (χ2v) is 5.95. The van der Waals surface area contributed by atoms with Gasteiger partial charge in [0.25, 0.3) is 5.91 Å². The van der Waals surface area contributed by atoms with Crippen molar-refractivity contribution >= 4 is 5.91 Å². The van der Waals surface area contributed by atoms with E-state index in [-0.39, 0.29) is 18.5 Å². The molecule has 1 aliphatic carbocycles. The van der Waals surface area contributed by atoms with Crippen molar-refractivity contribution < 1.29 is 22.7 Å². The summed E-state index contributed by atoms with van der Waals surface area (Å²) in [4.78, 5) is 13.0. The van der Waals surface area contributed by atoms with Crippen molar-refractivity contribution in [3.8, 4) is 0 Å². The number of hydrogen-bond acceptors (Lipinski definition) is 4. The Morgan fingerprint density at radius 1 is 1.55 bits per heavy atom. The molecule has 0 aromatic carbocycles. The number of hydrogen-bond donors (Lipinski definition) is 0. The van der Waals surface area contributed by atoms with Crippen LogP contribution >= 0.6 is 0 Å². The van der Waals surface area contributed by atoms with Gasteiger partial charge in [-0.1, -0.05) is 5.21 Å². The van der Waals surface area contributed by atoms with Crippen LogP contribution in [0.25, 0.3) is 0 Å². The molecule has 1 saturated heterocycles. The first-order valence-electron chi connectivity index (χ1n) is 7.16. The Labute approximate surface area is 125 Å². The van der Waals surface area contributed by atoms with Crippen LogP contribution in [0.1, 0.15) is 29.8 Å². The first-order chi connectivity index (χ1) is 10.3. The van der Waals surface area contributed by atoms with E-state index in [0.717, 1.165) is 11.3 Å². The lowest BCUT2D eigenvalue weighted by Gasteiger charge is -2.29. The quantitative estimate of drug-likeness (QED) is 0.844. The first kappa shape index (κ1) is 15.3. The molecule has 1 saturated carbocycles. The molecule has 0 spiro atoms. The first-order valence-corrected chi connectivity index (χ1v) is 7.16. The molecule has 2 aliphatic rings. The predicted molar refractivity (Wildman–Crippen MR) is 69.1 cm³/mol. The SMILES string of the molecule is CN(C(=O)c1cn(CC2CCOC2)nn1)C1(C(F)(F)F)CC1. The monoisotopic (exact) mass is 318 g/mol. The summed E-state index contributed by atoms with van der Waals surface area (Å²) in [5, 5.41) is 7.55. The van der Waals surface area contributed by atoms with Gasteiger partial charge in [0.15, 0.2) is 5.69 Å². The number of carbonyl (C=O) groups is 1. The second-order valence-electron chi connectivity index (χ2n) is 5.95. The van der Waals surface area contributed by atoms with Crippen LogP contribution in [0.4, 0.5) is 13.2 Å². The molecule has 6 nitrogen and oxygen atoms in total. The van der Waals surface area contributed by atoms with E-state index in [4.69, 9.17) is 4.74 Å². The summed E-state index contributed by atoms with van der Waals surface area (Å²) in [7, 11) is 1.17. The van der Waals surface area contributed by atoms with Gasteiger partial charge in [-0.15, -0.1) is 5.10 Å². The smallest absolute Gasteiger partial charge is 0.381 e. The zero-order valence-electron chi connectivity index (χ0n) is 12.1. The maximum atomic E-state index is 13.0. The third-order valence-corrected chi connectivity index (χ3v) is 4.42. The third kappa shape index (κ3) is 2.57. The number of rotatable bonds is 4. The molecule has 0 N–H and O–H groups in total. The molecule has 1 atom stereocenters. The van der Waals surface area contributed by atoms with Crippen molar-refractivity contribution in [2.75, 3.05) is 20.3 Å². The highest BCUT2D eigenvalue weighted by atomic mass is 19.4. The number of alkyl halides is 3. The lowest BCUT2D eigenvalue weighted by molar-refractivity contribution is -0.185. The minimum atomic E-state index is -4.42. The van der Waals surface area contributed by atoms with Gasteiger partial charge in [-0.25, -0.2) is 0 Å². The van der Waals surface area contributed by atoms with Gasteiger partial charge in [-0.2, -0.15) is 13.2 Å². The number of aromatic nitrogens is 3. The molecule has 2 heterocycles. The van der Waals surface area contributed by atoms with Gasteiger partial charge in [0.05, 0.1) is 12.8 Å². The second kappa shape index (κ2) is 5.22. The zero-order valence-corrected chi connectivity index (χ0v) is 12.1. The number of ether oxygens (including phenoxy) is 1. The summed E-state index contributed by atoms with van der Waals surface area (Å²) in [6.07, 6.45) is -2.24. The average molecular weight is 318 g/mol. The highest BCUT2D eigenvalue weighted by Crippen LogP contribution is 2.53. The van der Waals surface area contributed by atoms with Gasteiger partial charge in [0.2, 0.25) is 0 Å². The summed E-state index contributed by atoms with van der Waals surface area (Å²) < 4.78 is 45.9. The largest absolute Gasteiger partial charge is 0.411 e. The fourth-order valence-corrected chi connectivity index (χ4v) is 2.77. The molecule has 2 fully saturated rings. The van der Waals surface area contributed by atoms with E-state index in [0.29, 0.717) is 25.7 Å². The highest BCUT2D eigenvalue weighted by Gasteiger charge is 2.67. The van der Waals surface area contributed by atoms with Gasteiger partial charge in [0.1, 0.15) is 5.54 Å². The van der Waals surface area contributed by atoms with E-state index >= 15 is 0 Å². The minimum Gasteiger partial charge on any atom is -0.381 e. The number of amides is 1. The van der Waals surface area contributed by atoms with E-state index in [2.05, 4.69) is 10.3 Å². The normalized spacial score (nSPS) is 23.5. The molecule has 1 unspecified atom stereocenters. The molecule has 0 bridgehead atoms. The Morgan fingerprint density at radius 3 is 2.82 bits per heavy atom. The number of halogens is 3. The standard InChI is InChI=1S/C13H17F3N4O2/c1-19(12(3-4-12)13(14,15)16)11(21)10-7-20(18-17-10)6-9-2-5-22-8-9/h7,9H,2-6,8H2,1H3. The van der Waals surface area contributed by atoms with Crippen LogP contribution in [-0.2, 0) is 11.3 Å². The van der Waals surface area contributed by atoms with Crippen molar-refractivity contribution in [1.29, 1.82) is 0 Å². The fraction of sp³-hybridized carbons (Fsp3) is 0.769. The summed E-state index contributed by atoms with van der Waals surface area (Å²) in [6, 6.07) is 0. The third-order valence-electron chi connectivity index (χ3n) is 4.42. The minimum absolute atomic E-state index is 0.0584. The van der Waals surface area contributed by atoms with Gasteiger partial charge in [-0.05, 0) is 19.3 Å². The van der Waals surface area contributed by atoms with E-state index in [1.807, 2.05) is 0 Å². The van der Waals surface area contributed by atoms with Gasteiger partial charge in [-0.3, -0.25) is 9.48 Å². The molecule has 1 aliphatic heterocycles. The zero-order chi connectivity index (χ0) is 16.0. The number of carbonyl (C=O) groups excluding carboxylic acids is 1. The van der Waals surface area contributed by atoms with E-state index in [1.165, 1.54) is 17.9 Å². The lowest BCUT2D eigenvalue weighted by Crippen LogP contribution is -2.49. The van der Waals surface area contributed by atoms with E-state index in [9.17, 15) is 18.0 Å². The topological polar surface area (TPSA) is 60.2 Å². The molecule has 9 heteroatoms. The fourth-order valence-electron chi connectivity index (χ4n) is 2.77. The summed E-state index contributed by atoms with van der Waals surface area (Å²) in [5.41, 5.74) is -2.09. The molecular formula is C13H17F3N4O2. The Balaban J connectivity index is 1.69. The van der Waals surface area contributed by atoms with Gasteiger partial charge in [0, 0.05) is 26.1 Å². The Kier molecular flexibility index (Phi) is 3.62. The van der Waals surface area contributed by atoms with Crippen LogP contribution in [0.15, 0.2) is 6.20 Å².